The Kier molecular flexibility index (Phi) is 4.46. The van der Waals surface area contributed by atoms with Crippen LogP contribution < -0.4 is 21.7 Å². The lowest BCUT2D eigenvalue weighted by Crippen LogP contribution is -2.33. The van der Waals surface area contributed by atoms with E-state index in [1.807, 2.05) is 6.07 Å². The molecule has 152 valence electrons. The van der Waals surface area contributed by atoms with Gasteiger partial charge >= 0.3 is 0 Å². The third-order valence-corrected chi connectivity index (χ3v) is 5.78. The second kappa shape index (κ2) is 7.14. The maximum absolute atomic E-state index is 11.9. The molecule has 29 heavy (non-hydrogen) atoms. The standard InChI is InChI=1S/C20H25N7O2/c21-13-1-3-14(4-2-13)23-16-9-17(24-15-5-6-15)27-19(25-16)12(10-22-27)7-11-8-18(28)26-20(11)29/h7,9-10,13-15,24H,1-6,8,21H2,(H,23,25)(H,26,28,29)/b11-7+/t13-,14-. The first-order valence-electron chi connectivity index (χ1n) is 10.3. The van der Waals surface area contributed by atoms with Crippen molar-refractivity contribution in [2.45, 2.75) is 63.1 Å². The molecular weight excluding hydrogens is 370 g/mol. The van der Waals surface area contributed by atoms with Crippen molar-refractivity contribution < 1.29 is 9.59 Å². The van der Waals surface area contributed by atoms with Crippen LogP contribution in [-0.2, 0) is 9.59 Å². The van der Waals surface area contributed by atoms with Gasteiger partial charge in [-0.1, -0.05) is 0 Å². The van der Waals surface area contributed by atoms with Crippen LogP contribution in [-0.4, -0.2) is 44.5 Å². The van der Waals surface area contributed by atoms with E-state index in [9.17, 15) is 9.59 Å². The molecule has 5 N–H and O–H groups in total. The molecule has 2 aromatic heterocycles. The van der Waals surface area contributed by atoms with Gasteiger partial charge in [0.2, 0.25) is 5.91 Å². The van der Waals surface area contributed by atoms with Crippen molar-refractivity contribution in [1.29, 1.82) is 0 Å². The Hall–Kier alpha value is -2.94. The molecule has 9 nitrogen and oxygen atoms in total. The number of hydrogen-bond acceptors (Lipinski definition) is 7. The number of hydrogen-bond donors (Lipinski definition) is 4. The number of fused-ring (bicyclic) bond motifs is 1. The van der Waals surface area contributed by atoms with Crippen LogP contribution in [0, 0.1) is 0 Å². The Labute approximate surface area is 168 Å². The predicted octanol–water partition coefficient (Wildman–Crippen LogP) is 1.42. The Bertz CT molecular complexity index is 1000. The van der Waals surface area contributed by atoms with Crippen LogP contribution in [0.5, 0.6) is 0 Å². The lowest BCUT2D eigenvalue weighted by atomic mass is 9.92. The number of aromatic nitrogens is 3. The van der Waals surface area contributed by atoms with Gasteiger partial charge < -0.3 is 16.4 Å². The first-order chi connectivity index (χ1) is 14.0. The zero-order chi connectivity index (χ0) is 20.0. The Balaban J connectivity index is 1.49. The summed E-state index contributed by atoms with van der Waals surface area (Å²) in [4.78, 5) is 28.2. The second-order valence-corrected chi connectivity index (χ2v) is 8.26. The molecule has 0 spiro atoms. The van der Waals surface area contributed by atoms with Crippen molar-refractivity contribution in [3.8, 4) is 0 Å². The average molecular weight is 395 g/mol. The van der Waals surface area contributed by atoms with Crippen molar-refractivity contribution in [1.82, 2.24) is 19.9 Å². The number of nitrogens with one attached hydrogen (secondary N) is 3. The SMILES string of the molecule is N[C@H]1CC[C@H](Nc2cc(NC3CC3)n3ncc(/C=C4\CC(=O)NC4=O)c3n2)CC1. The maximum Gasteiger partial charge on any atom is 0.254 e. The minimum Gasteiger partial charge on any atom is -0.367 e. The van der Waals surface area contributed by atoms with Crippen LogP contribution in [0.25, 0.3) is 11.7 Å². The van der Waals surface area contributed by atoms with Gasteiger partial charge in [-0.25, -0.2) is 4.98 Å². The highest BCUT2D eigenvalue weighted by Crippen LogP contribution is 2.29. The number of imide groups is 1. The van der Waals surface area contributed by atoms with E-state index in [1.165, 1.54) is 0 Å². The summed E-state index contributed by atoms with van der Waals surface area (Å²) in [7, 11) is 0. The fourth-order valence-corrected chi connectivity index (χ4v) is 3.98. The molecule has 0 bridgehead atoms. The monoisotopic (exact) mass is 395 g/mol. The van der Waals surface area contributed by atoms with E-state index in [1.54, 1.807) is 16.8 Å². The summed E-state index contributed by atoms with van der Waals surface area (Å²) in [5.41, 5.74) is 7.84. The Morgan fingerprint density at radius 1 is 1.10 bits per heavy atom. The molecule has 1 aliphatic heterocycles. The van der Waals surface area contributed by atoms with Gasteiger partial charge in [0.05, 0.1) is 12.6 Å². The van der Waals surface area contributed by atoms with Crippen molar-refractivity contribution in [3.05, 3.63) is 23.4 Å². The normalized spacial score (nSPS) is 26.2. The number of amides is 2. The van der Waals surface area contributed by atoms with Crippen LogP contribution in [0.2, 0.25) is 0 Å². The van der Waals surface area contributed by atoms with Crippen LogP contribution in [0.4, 0.5) is 11.6 Å². The van der Waals surface area contributed by atoms with E-state index in [2.05, 4.69) is 21.0 Å². The van der Waals surface area contributed by atoms with Crippen LogP contribution in [0.3, 0.4) is 0 Å². The Morgan fingerprint density at radius 3 is 2.52 bits per heavy atom. The van der Waals surface area contributed by atoms with Crippen LogP contribution >= 0.6 is 0 Å². The second-order valence-electron chi connectivity index (χ2n) is 8.26. The molecule has 0 unspecified atom stereocenters. The number of anilines is 2. The minimum absolute atomic E-state index is 0.0869. The lowest BCUT2D eigenvalue weighted by molar-refractivity contribution is -0.124. The maximum atomic E-state index is 11.9. The van der Waals surface area contributed by atoms with Gasteiger partial charge in [0.25, 0.3) is 5.91 Å². The predicted molar refractivity (Wildman–Crippen MR) is 109 cm³/mol. The summed E-state index contributed by atoms with van der Waals surface area (Å²) in [6, 6.07) is 3.10. The molecule has 1 saturated heterocycles. The third-order valence-electron chi connectivity index (χ3n) is 5.78. The molecule has 2 saturated carbocycles. The number of nitrogens with two attached hydrogens (primary N) is 1. The fraction of sp³-hybridized carbons (Fsp3) is 0.500. The van der Waals surface area contributed by atoms with E-state index in [-0.39, 0.29) is 18.2 Å². The quantitative estimate of drug-likeness (QED) is 0.445. The van der Waals surface area contributed by atoms with Gasteiger partial charge in [-0.15, -0.1) is 0 Å². The fourth-order valence-electron chi connectivity index (χ4n) is 3.98. The minimum atomic E-state index is -0.349. The van der Waals surface area contributed by atoms with Gasteiger partial charge in [-0.05, 0) is 44.6 Å². The molecule has 0 aromatic carbocycles. The van der Waals surface area contributed by atoms with Gasteiger partial charge in [0, 0.05) is 35.3 Å². The van der Waals surface area contributed by atoms with Crippen LogP contribution in [0.1, 0.15) is 50.5 Å². The highest BCUT2D eigenvalue weighted by atomic mass is 16.2. The molecule has 3 aliphatic rings. The van der Waals surface area contributed by atoms with Gasteiger partial charge in [-0.3, -0.25) is 14.9 Å². The molecular formula is C20H25N7O2. The Morgan fingerprint density at radius 2 is 1.83 bits per heavy atom. The highest BCUT2D eigenvalue weighted by Gasteiger charge is 2.26. The summed E-state index contributed by atoms with van der Waals surface area (Å²) < 4.78 is 1.77. The van der Waals surface area contributed by atoms with E-state index in [0.29, 0.717) is 29.3 Å². The first kappa shape index (κ1) is 18.1. The van der Waals surface area contributed by atoms with E-state index in [0.717, 1.165) is 55.7 Å². The van der Waals surface area contributed by atoms with Gasteiger partial charge in [0.15, 0.2) is 5.65 Å². The van der Waals surface area contributed by atoms with E-state index in [4.69, 9.17) is 10.7 Å². The topological polar surface area (TPSA) is 126 Å². The van der Waals surface area contributed by atoms with E-state index >= 15 is 0 Å². The highest BCUT2D eigenvalue weighted by molar-refractivity contribution is 6.15. The number of nitrogens with zero attached hydrogens (tertiary/aromatic N) is 3. The summed E-state index contributed by atoms with van der Waals surface area (Å²) in [6.07, 6.45) is 9.85. The van der Waals surface area contributed by atoms with Crippen LogP contribution in [0.15, 0.2) is 17.8 Å². The third kappa shape index (κ3) is 3.82. The summed E-state index contributed by atoms with van der Waals surface area (Å²) >= 11 is 0. The zero-order valence-corrected chi connectivity index (χ0v) is 16.1. The van der Waals surface area contributed by atoms with Crippen molar-refractivity contribution in [2.24, 2.45) is 5.73 Å². The number of carbonyl (C=O) groups excluding carboxylic acids is 2. The first-order valence-corrected chi connectivity index (χ1v) is 10.3. The molecule has 0 radical (unpaired) electrons. The smallest absolute Gasteiger partial charge is 0.254 e. The molecule has 3 fully saturated rings. The molecule has 2 aliphatic carbocycles. The number of rotatable bonds is 5. The van der Waals surface area contributed by atoms with Gasteiger partial charge in [0.1, 0.15) is 11.6 Å². The lowest BCUT2D eigenvalue weighted by Gasteiger charge is -2.27. The summed E-state index contributed by atoms with van der Waals surface area (Å²) in [5, 5.41) is 13.8. The molecule has 5 rings (SSSR count). The van der Waals surface area contributed by atoms with Crippen molar-refractivity contribution in [3.63, 3.8) is 0 Å². The molecule has 9 heteroatoms. The largest absolute Gasteiger partial charge is 0.367 e. The molecule has 0 atom stereocenters. The van der Waals surface area contributed by atoms with E-state index < -0.39 is 0 Å². The molecule has 2 amide bonds. The van der Waals surface area contributed by atoms with Crippen molar-refractivity contribution >= 4 is 35.2 Å². The molecule has 2 aromatic rings. The zero-order valence-electron chi connectivity index (χ0n) is 16.1. The van der Waals surface area contributed by atoms with Crippen molar-refractivity contribution in [2.75, 3.05) is 10.6 Å². The number of carbonyl (C=O) groups is 2. The molecule has 3 heterocycles. The summed E-state index contributed by atoms with van der Waals surface area (Å²) in [5.74, 6) is 1.04. The average Bonchev–Trinajstić information content (AvgIpc) is 3.33. The summed E-state index contributed by atoms with van der Waals surface area (Å²) in [6.45, 7) is 0. The van der Waals surface area contributed by atoms with Gasteiger partial charge in [-0.2, -0.15) is 9.61 Å².